The van der Waals surface area contributed by atoms with Crippen molar-refractivity contribution in [2.75, 3.05) is 5.32 Å². The van der Waals surface area contributed by atoms with Crippen molar-refractivity contribution in [2.24, 2.45) is 0 Å². The van der Waals surface area contributed by atoms with E-state index < -0.39 is 0 Å². The second-order valence-electron chi connectivity index (χ2n) is 10.8. The first-order chi connectivity index (χ1) is 20.8. The van der Waals surface area contributed by atoms with Crippen LogP contribution < -0.4 is 5.32 Å². The van der Waals surface area contributed by atoms with E-state index in [4.69, 9.17) is 0 Å². The third-order valence-electron chi connectivity index (χ3n) is 8.22. The van der Waals surface area contributed by atoms with Crippen molar-refractivity contribution < 1.29 is 0 Å². The van der Waals surface area contributed by atoms with E-state index in [1.165, 1.54) is 60.3 Å². The molecule has 0 saturated heterocycles. The van der Waals surface area contributed by atoms with E-state index >= 15 is 0 Å². The van der Waals surface area contributed by atoms with Crippen LogP contribution in [0.3, 0.4) is 0 Å². The van der Waals surface area contributed by atoms with Crippen LogP contribution in [0.1, 0.15) is 0 Å². The average molecular weight is 537 g/mol. The topological polar surface area (TPSA) is 27.8 Å². The lowest BCUT2D eigenvalue weighted by Crippen LogP contribution is -1.95. The maximum Gasteiger partial charge on any atom is 0.0534 e. The first-order valence-corrected chi connectivity index (χ1v) is 14.4. The summed E-state index contributed by atoms with van der Waals surface area (Å²) in [5.41, 5.74) is 10.5. The fourth-order valence-electron chi connectivity index (χ4n) is 6.20. The molecule has 1 aromatic heterocycles. The van der Waals surface area contributed by atoms with Crippen molar-refractivity contribution in [3.05, 3.63) is 158 Å². The summed E-state index contributed by atoms with van der Waals surface area (Å²) < 4.78 is 0. The fourth-order valence-corrected chi connectivity index (χ4v) is 6.20. The van der Waals surface area contributed by atoms with Gasteiger partial charge in [0, 0.05) is 34.1 Å². The van der Waals surface area contributed by atoms with Crippen molar-refractivity contribution in [3.63, 3.8) is 0 Å². The Balaban J connectivity index is 1.35. The lowest BCUT2D eigenvalue weighted by molar-refractivity contribution is 1.47. The number of hydrogen-bond donors (Lipinski definition) is 2. The summed E-state index contributed by atoms with van der Waals surface area (Å²) in [5.74, 6) is 0. The number of para-hydroxylation sites is 1. The summed E-state index contributed by atoms with van der Waals surface area (Å²) in [5, 5.41) is 9.87. The predicted molar refractivity (Wildman–Crippen MR) is 179 cm³/mol. The maximum atomic E-state index is 3.69. The van der Waals surface area contributed by atoms with Crippen LogP contribution in [0, 0.1) is 0 Å². The highest BCUT2D eigenvalue weighted by molar-refractivity contribution is 6.06. The molecule has 8 aromatic rings. The van der Waals surface area contributed by atoms with Gasteiger partial charge in [-0.2, -0.15) is 0 Å². The van der Waals surface area contributed by atoms with Crippen LogP contribution >= 0.6 is 0 Å². The SMILES string of the molecule is c1ccc(Nc2ccc(-c3cc(-c4cccc5ccccc45)c4[nH]ccc4c3)cc2-c2cccc3ccccc23)cc1. The Hall–Kier alpha value is -5.60. The third-order valence-corrected chi connectivity index (χ3v) is 8.22. The number of anilines is 2. The van der Waals surface area contributed by atoms with Gasteiger partial charge in [0.15, 0.2) is 0 Å². The molecule has 0 atom stereocenters. The van der Waals surface area contributed by atoms with Gasteiger partial charge in [-0.25, -0.2) is 0 Å². The van der Waals surface area contributed by atoms with Crippen LogP contribution in [0.4, 0.5) is 11.4 Å². The molecule has 0 aliphatic carbocycles. The lowest BCUT2D eigenvalue weighted by atomic mass is 9.91. The first kappa shape index (κ1) is 24.2. The van der Waals surface area contributed by atoms with Gasteiger partial charge in [-0.3, -0.25) is 0 Å². The maximum absolute atomic E-state index is 3.69. The molecule has 0 aliphatic heterocycles. The zero-order chi connectivity index (χ0) is 27.9. The fraction of sp³-hybridized carbons (Fsp3) is 0. The monoisotopic (exact) mass is 536 g/mol. The number of H-pyrrole nitrogens is 1. The van der Waals surface area contributed by atoms with E-state index in [1.54, 1.807) is 0 Å². The molecule has 2 nitrogen and oxygen atoms in total. The Morgan fingerprint density at radius 3 is 1.76 bits per heavy atom. The molecule has 42 heavy (non-hydrogen) atoms. The molecule has 0 radical (unpaired) electrons. The largest absolute Gasteiger partial charge is 0.361 e. The minimum absolute atomic E-state index is 1.07. The summed E-state index contributed by atoms with van der Waals surface area (Å²) >= 11 is 0. The molecule has 0 aliphatic rings. The van der Waals surface area contributed by atoms with Crippen molar-refractivity contribution in [1.82, 2.24) is 4.98 Å². The second-order valence-corrected chi connectivity index (χ2v) is 10.8. The number of aromatic nitrogens is 1. The smallest absolute Gasteiger partial charge is 0.0534 e. The Kier molecular flexibility index (Phi) is 5.82. The first-order valence-electron chi connectivity index (χ1n) is 14.4. The number of nitrogens with one attached hydrogen (secondary N) is 2. The van der Waals surface area contributed by atoms with Crippen LogP contribution in [-0.4, -0.2) is 4.98 Å². The standard InChI is InChI=1S/C40H28N2/c1-2-14-32(15-3-1)42-39-21-20-29(25-37(39)35-18-8-12-27-10-4-6-16-33(27)35)31-24-30-22-23-41-40(30)38(26-31)36-19-9-13-28-11-5-7-17-34(28)36/h1-26,41-42H. The van der Waals surface area contributed by atoms with Gasteiger partial charge in [0.1, 0.15) is 0 Å². The van der Waals surface area contributed by atoms with Crippen molar-refractivity contribution in [2.45, 2.75) is 0 Å². The number of rotatable bonds is 5. The van der Waals surface area contributed by atoms with Crippen molar-refractivity contribution in [3.8, 4) is 33.4 Å². The molecule has 8 rings (SSSR count). The number of hydrogen-bond acceptors (Lipinski definition) is 1. The van der Waals surface area contributed by atoms with E-state index in [1.807, 2.05) is 12.3 Å². The Bertz CT molecular complexity index is 2210. The summed E-state index contributed by atoms with van der Waals surface area (Å²) in [7, 11) is 0. The molecule has 1 heterocycles. The average Bonchev–Trinajstić information content (AvgIpc) is 3.54. The minimum atomic E-state index is 1.07. The minimum Gasteiger partial charge on any atom is -0.361 e. The summed E-state index contributed by atoms with van der Waals surface area (Å²) in [6.07, 6.45) is 2.04. The van der Waals surface area contributed by atoms with Gasteiger partial charge < -0.3 is 10.3 Å². The zero-order valence-corrected chi connectivity index (χ0v) is 23.0. The van der Waals surface area contributed by atoms with Crippen LogP contribution in [0.15, 0.2) is 158 Å². The molecule has 0 amide bonds. The van der Waals surface area contributed by atoms with Gasteiger partial charge >= 0.3 is 0 Å². The molecular weight excluding hydrogens is 508 g/mol. The molecule has 0 fully saturated rings. The van der Waals surface area contributed by atoms with E-state index in [0.717, 1.165) is 16.9 Å². The molecule has 198 valence electrons. The summed E-state index contributed by atoms with van der Waals surface area (Å²) in [4.78, 5) is 3.51. The van der Waals surface area contributed by atoms with E-state index in [0.29, 0.717) is 0 Å². The van der Waals surface area contributed by atoms with E-state index in [9.17, 15) is 0 Å². The highest BCUT2D eigenvalue weighted by atomic mass is 14.9. The Labute approximate surface area is 244 Å². The molecule has 7 aromatic carbocycles. The lowest BCUT2D eigenvalue weighted by Gasteiger charge is -2.17. The summed E-state index contributed by atoms with van der Waals surface area (Å²) in [6, 6.07) is 54.4. The zero-order valence-electron chi connectivity index (χ0n) is 23.0. The van der Waals surface area contributed by atoms with Crippen LogP contribution in [0.2, 0.25) is 0 Å². The molecule has 0 bridgehead atoms. The molecular formula is C40H28N2. The molecule has 2 heteroatoms. The molecule has 0 saturated carbocycles. The van der Waals surface area contributed by atoms with Gasteiger partial charge in [-0.05, 0) is 86.3 Å². The summed E-state index contributed by atoms with van der Waals surface area (Å²) in [6.45, 7) is 0. The van der Waals surface area contributed by atoms with Crippen LogP contribution in [0.5, 0.6) is 0 Å². The quantitative estimate of drug-likeness (QED) is 0.225. The highest BCUT2D eigenvalue weighted by Crippen LogP contribution is 2.41. The van der Waals surface area contributed by atoms with Gasteiger partial charge in [-0.1, -0.05) is 109 Å². The van der Waals surface area contributed by atoms with Gasteiger partial charge in [0.25, 0.3) is 0 Å². The Morgan fingerprint density at radius 1 is 0.405 bits per heavy atom. The van der Waals surface area contributed by atoms with Crippen molar-refractivity contribution in [1.29, 1.82) is 0 Å². The molecule has 2 N–H and O–H groups in total. The van der Waals surface area contributed by atoms with Gasteiger partial charge in [0.2, 0.25) is 0 Å². The normalized spacial score (nSPS) is 11.3. The number of fused-ring (bicyclic) bond motifs is 3. The van der Waals surface area contributed by atoms with Crippen LogP contribution in [-0.2, 0) is 0 Å². The Morgan fingerprint density at radius 2 is 1.02 bits per heavy atom. The number of aromatic amines is 1. The highest BCUT2D eigenvalue weighted by Gasteiger charge is 2.15. The van der Waals surface area contributed by atoms with Crippen LogP contribution in [0.25, 0.3) is 65.8 Å². The second kappa shape index (κ2) is 10.1. The van der Waals surface area contributed by atoms with Gasteiger partial charge in [-0.15, -0.1) is 0 Å². The van der Waals surface area contributed by atoms with Gasteiger partial charge in [0.05, 0.1) is 5.52 Å². The molecule has 0 unspecified atom stereocenters. The predicted octanol–water partition coefficient (Wildman–Crippen LogP) is 11.2. The van der Waals surface area contributed by atoms with E-state index in [-0.39, 0.29) is 0 Å². The third kappa shape index (κ3) is 4.22. The molecule has 0 spiro atoms. The van der Waals surface area contributed by atoms with E-state index in [2.05, 4.69) is 156 Å². The van der Waals surface area contributed by atoms with Crippen molar-refractivity contribution >= 4 is 43.8 Å². The number of benzene rings is 7.